The minimum absolute atomic E-state index is 0. The fourth-order valence-corrected chi connectivity index (χ4v) is 3.93. The molecule has 0 saturated carbocycles. The molecule has 0 aliphatic carbocycles. The number of para-hydroxylation sites is 2. The molecule has 2 heterocycles. The number of ether oxygens (including phenoxy) is 2. The normalized spacial score (nSPS) is 20.5. The second-order valence-electron chi connectivity index (χ2n) is 7.01. The number of piperidine rings is 1. The Morgan fingerprint density at radius 1 is 1.08 bits per heavy atom. The summed E-state index contributed by atoms with van der Waals surface area (Å²) in [4.78, 5) is 17.3. The maximum Gasteiger partial charge on any atom is 0.260 e. The molecule has 0 aromatic heterocycles. The van der Waals surface area contributed by atoms with E-state index in [-0.39, 0.29) is 24.9 Å². The standard InChI is InChI=1S/C20H30N2O3.ClH/c1-24-18-9-2-3-10-19(18)25-16-20(23)22-14-5-4-8-17(22)11-15-21-12-6-7-13-21;/h2-3,9-10,17H,4-8,11-16H2,1H3;1H. The Labute approximate surface area is 163 Å². The van der Waals surface area contributed by atoms with Crippen molar-refractivity contribution in [2.45, 2.75) is 44.6 Å². The zero-order valence-electron chi connectivity index (χ0n) is 15.7. The number of amides is 1. The van der Waals surface area contributed by atoms with Crippen LogP contribution in [-0.2, 0) is 4.79 Å². The number of methoxy groups -OCH3 is 1. The van der Waals surface area contributed by atoms with Crippen molar-refractivity contribution < 1.29 is 14.3 Å². The summed E-state index contributed by atoms with van der Waals surface area (Å²) in [6.45, 7) is 4.50. The van der Waals surface area contributed by atoms with Crippen LogP contribution in [0.5, 0.6) is 11.5 Å². The van der Waals surface area contributed by atoms with E-state index in [1.54, 1.807) is 7.11 Å². The maximum atomic E-state index is 12.7. The fraction of sp³-hybridized carbons (Fsp3) is 0.650. The quantitative estimate of drug-likeness (QED) is 0.725. The summed E-state index contributed by atoms with van der Waals surface area (Å²) in [7, 11) is 1.61. The molecular formula is C20H31ClN2O3. The number of nitrogens with zero attached hydrogens (tertiary/aromatic N) is 2. The van der Waals surface area contributed by atoms with E-state index in [2.05, 4.69) is 9.80 Å². The molecule has 146 valence electrons. The summed E-state index contributed by atoms with van der Waals surface area (Å²) in [5, 5.41) is 0. The zero-order chi connectivity index (χ0) is 17.5. The Morgan fingerprint density at radius 2 is 1.77 bits per heavy atom. The fourth-order valence-electron chi connectivity index (χ4n) is 3.93. The molecule has 1 amide bonds. The maximum absolute atomic E-state index is 12.7. The highest BCUT2D eigenvalue weighted by molar-refractivity contribution is 5.85. The summed E-state index contributed by atoms with van der Waals surface area (Å²) < 4.78 is 11.0. The van der Waals surface area contributed by atoms with Crippen LogP contribution in [0.1, 0.15) is 38.5 Å². The first-order valence-corrected chi connectivity index (χ1v) is 9.55. The molecule has 5 nitrogen and oxygen atoms in total. The van der Waals surface area contributed by atoms with Crippen molar-refractivity contribution >= 4 is 18.3 Å². The van der Waals surface area contributed by atoms with E-state index in [4.69, 9.17) is 9.47 Å². The highest BCUT2D eigenvalue weighted by atomic mass is 35.5. The number of halogens is 1. The lowest BCUT2D eigenvalue weighted by molar-refractivity contribution is -0.137. The summed E-state index contributed by atoms with van der Waals surface area (Å²) in [5.41, 5.74) is 0. The van der Waals surface area contributed by atoms with Crippen molar-refractivity contribution in [1.82, 2.24) is 9.80 Å². The highest BCUT2D eigenvalue weighted by Crippen LogP contribution is 2.26. The summed E-state index contributed by atoms with van der Waals surface area (Å²) >= 11 is 0. The molecule has 1 aromatic rings. The van der Waals surface area contributed by atoms with Gasteiger partial charge in [-0.2, -0.15) is 0 Å². The third-order valence-corrected chi connectivity index (χ3v) is 5.34. The van der Waals surface area contributed by atoms with Crippen LogP contribution in [0.25, 0.3) is 0 Å². The first-order chi connectivity index (χ1) is 12.3. The second-order valence-corrected chi connectivity index (χ2v) is 7.01. The van der Waals surface area contributed by atoms with Crippen LogP contribution in [-0.4, -0.2) is 61.6 Å². The van der Waals surface area contributed by atoms with E-state index < -0.39 is 0 Å². The van der Waals surface area contributed by atoms with Crippen molar-refractivity contribution in [1.29, 1.82) is 0 Å². The monoisotopic (exact) mass is 382 g/mol. The summed E-state index contributed by atoms with van der Waals surface area (Å²) in [6.07, 6.45) is 7.16. The molecule has 26 heavy (non-hydrogen) atoms. The minimum Gasteiger partial charge on any atom is -0.493 e. The van der Waals surface area contributed by atoms with Gasteiger partial charge in [-0.1, -0.05) is 12.1 Å². The van der Waals surface area contributed by atoms with Gasteiger partial charge in [0.1, 0.15) is 0 Å². The first kappa shape index (κ1) is 20.8. The average molecular weight is 383 g/mol. The van der Waals surface area contributed by atoms with Gasteiger partial charge in [-0.3, -0.25) is 4.79 Å². The van der Waals surface area contributed by atoms with Gasteiger partial charge in [0.2, 0.25) is 0 Å². The number of hydrogen-bond acceptors (Lipinski definition) is 4. The van der Waals surface area contributed by atoms with Gasteiger partial charge in [0, 0.05) is 19.1 Å². The van der Waals surface area contributed by atoms with Gasteiger partial charge in [0.15, 0.2) is 18.1 Å². The summed E-state index contributed by atoms with van der Waals surface area (Å²) in [6, 6.07) is 7.84. The molecule has 1 atom stereocenters. The molecule has 2 aliphatic heterocycles. The van der Waals surface area contributed by atoms with Gasteiger partial charge in [0.25, 0.3) is 5.91 Å². The Bertz CT molecular complexity index is 564. The predicted molar refractivity (Wildman–Crippen MR) is 105 cm³/mol. The van der Waals surface area contributed by atoms with Gasteiger partial charge < -0.3 is 19.3 Å². The van der Waals surface area contributed by atoms with E-state index in [0.717, 1.165) is 32.4 Å². The number of benzene rings is 1. The molecule has 1 unspecified atom stereocenters. The minimum atomic E-state index is 0. The van der Waals surface area contributed by atoms with E-state index in [1.165, 1.54) is 32.4 Å². The molecular weight excluding hydrogens is 352 g/mol. The largest absolute Gasteiger partial charge is 0.493 e. The lowest BCUT2D eigenvalue weighted by atomic mass is 9.99. The Hall–Kier alpha value is -1.46. The predicted octanol–water partition coefficient (Wildman–Crippen LogP) is 3.36. The van der Waals surface area contributed by atoms with Crippen molar-refractivity contribution in [2.24, 2.45) is 0 Å². The Balaban J connectivity index is 0.00000243. The van der Waals surface area contributed by atoms with Gasteiger partial charge in [-0.05, 0) is 63.7 Å². The number of carbonyl (C=O) groups is 1. The Morgan fingerprint density at radius 3 is 2.50 bits per heavy atom. The van der Waals surface area contributed by atoms with Crippen LogP contribution in [0.4, 0.5) is 0 Å². The third-order valence-electron chi connectivity index (χ3n) is 5.34. The lowest BCUT2D eigenvalue weighted by Crippen LogP contribution is -2.47. The summed E-state index contributed by atoms with van der Waals surface area (Å²) in [5.74, 6) is 1.39. The molecule has 0 N–H and O–H groups in total. The van der Waals surface area contributed by atoms with Crippen LogP contribution < -0.4 is 9.47 Å². The SMILES string of the molecule is COc1ccccc1OCC(=O)N1CCCCC1CCN1CCCC1.Cl. The topological polar surface area (TPSA) is 42.0 Å². The van der Waals surface area contributed by atoms with E-state index in [1.807, 2.05) is 24.3 Å². The molecule has 6 heteroatoms. The molecule has 1 aromatic carbocycles. The average Bonchev–Trinajstić information content (AvgIpc) is 3.18. The zero-order valence-corrected chi connectivity index (χ0v) is 16.5. The number of likely N-dealkylation sites (tertiary alicyclic amines) is 2. The molecule has 0 bridgehead atoms. The molecule has 3 rings (SSSR count). The van der Waals surface area contributed by atoms with Gasteiger partial charge in [-0.15, -0.1) is 12.4 Å². The van der Waals surface area contributed by atoms with E-state index >= 15 is 0 Å². The van der Waals surface area contributed by atoms with E-state index in [0.29, 0.717) is 17.5 Å². The second kappa shape index (κ2) is 10.6. The molecule has 2 aliphatic rings. The van der Waals surface area contributed by atoms with Crippen LogP contribution in [0, 0.1) is 0 Å². The first-order valence-electron chi connectivity index (χ1n) is 9.55. The van der Waals surface area contributed by atoms with Gasteiger partial charge in [0.05, 0.1) is 7.11 Å². The van der Waals surface area contributed by atoms with Crippen LogP contribution in [0.2, 0.25) is 0 Å². The molecule has 0 radical (unpaired) electrons. The van der Waals surface area contributed by atoms with Gasteiger partial charge in [-0.25, -0.2) is 0 Å². The van der Waals surface area contributed by atoms with E-state index in [9.17, 15) is 4.79 Å². The van der Waals surface area contributed by atoms with Crippen LogP contribution in [0.15, 0.2) is 24.3 Å². The molecule has 2 saturated heterocycles. The number of hydrogen-bond donors (Lipinski definition) is 0. The number of rotatable bonds is 7. The van der Waals surface area contributed by atoms with Crippen LogP contribution in [0.3, 0.4) is 0 Å². The van der Waals surface area contributed by atoms with Crippen molar-refractivity contribution in [3.8, 4) is 11.5 Å². The number of carbonyl (C=O) groups excluding carboxylic acids is 1. The smallest absolute Gasteiger partial charge is 0.260 e. The highest BCUT2D eigenvalue weighted by Gasteiger charge is 2.27. The third kappa shape index (κ3) is 5.52. The molecule has 2 fully saturated rings. The van der Waals surface area contributed by atoms with Crippen molar-refractivity contribution in [3.63, 3.8) is 0 Å². The lowest BCUT2D eigenvalue weighted by Gasteiger charge is -2.36. The van der Waals surface area contributed by atoms with Crippen LogP contribution >= 0.6 is 12.4 Å². The van der Waals surface area contributed by atoms with Gasteiger partial charge >= 0.3 is 0 Å². The van der Waals surface area contributed by atoms with Crippen molar-refractivity contribution in [3.05, 3.63) is 24.3 Å². The Kier molecular flexibility index (Phi) is 8.52. The molecule has 0 spiro atoms. The van der Waals surface area contributed by atoms with Crippen molar-refractivity contribution in [2.75, 3.05) is 39.9 Å².